The van der Waals surface area contributed by atoms with E-state index in [2.05, 4.69) is 32.2 Å². The van der Waals surface area contributed by atoms with E-state index in [9.17, 15) is 0 Å². The fraction of sp³-hybridized carbons (Fsp3) is 0.857. The number of rotatable bonds is 4. The lowest BCUT2D eigenvalue weighted by molar-refractivity contribution is 0.360. The predicted molar refractivity (Wildman–Crippen MR) is 78.9 cm³/mol. The summed E-state index contributed by atoms with van der Waals surface area (Å²) >= 11 is 0. The van der Waals surface area contributed by atoms with Crippen LogP contribution in [0.25, 0.3) is 20.9 Å². The molecule has 0 atom stereocenters. The lowest BCUT2D eigenvalue weighted by Crippen LogP contribution is -2.17. The van der Waals surface area contributed by atoms with E-state index in [-0.39, 0.29) is 12.1 Å². The molecule has 0 radical (unpaired) electrons. The van der Waals surface area contributed by atoms with Crippen LogP contribution in [-0.2, 0) is 0 Å². The molecule has 2 aliphatic rings. The summed E-state index contributed by atoms with van der Waals surface area (Å²) in [5.74, 6) is 1.30. The molecule has 0 aromatic heterocycles. The molecule has 6 heteroatoms. The maximum absolute atomic E-state index is 8.43. The van der Waals surface area contributed by atoms with Crippen LogP contribution >= 0.6 is 0 Å². The van der Waals surface area contributed by atoms with Crippen LogP contribution < -0.4 is 0 Å². The molecule has 0 saturated heterocycles. The summed E-state index contributed by atoms with van der Waals surface area (Å²) in [6.45, 7) is 0. The van der Waals surface area contributed by atoms with E-state index in [1.165, 1.54) is 0 Å². The third kappa shape index (κ3) is 4.48. The standard InChI is InChI=1S/C14H22N6/c15-19-17-13-7-3-11(4-8-13)1-2-12-5-9-14(10-6-12)18-20-16/h1-2,11-14H,3-10H2/b2-1+. The summed E-state index contributed by atoms with van der Waals surface area (Å²) in [6, 6.07) is 0.424. The minimum Gasteiger partial charge on any atom is -0.0906 e. The van der Waals surface area contributed by atoms with Crippen LogP contribution in [0.2, 0.25) is 0 Å². The Morgan fingerprint density at radius 1 is 0.650 bits per heavy atom. The molecule has 0 aromatic carbocycles. The Morgan fingerprint density at radius 2 is 1.00 bits per heavy atom. The molecule has 0 unspecified atom stereocenters. The Hall–Kier alpha value is -1.64. The van der Waals surface area contributed by atoms with E-state index in [1.807, 2.05) is 0 Å². The summed E-state index contributed by atoms with van der Waals surface area (Å²) in [6.07, 6.45) is 13.3. The van der Waals surface area contributed by atoms with Gasteiger partial charge in [-0.1, -0.05) is 22.4 Å². The highest BCUT2D eigenvalue weighted by Gasteiger charge is 2.20. The van der Waals surface area contributed by atoms with Crippen LogP contribution in [-0.4, -0.2) is 12.1 Å². The van der Waals surface area contributed by atoms with Crippen molar-refractivity contribution in [2.24, 2.45) is 22.1 Å². The van der Waals surface area contributed by atoms with Gasteiger partial charge in [0.05, 0.1) is 0 Å². The van der Waals surface area contributed by atoms with Crippen LogP contribution in [0.15, 0.2) is 22.4 Å². The summed E-state index contributed by atoms with van der Waals surface area (Å²) in [5, 5.41) is 7.62. The van der Waals surface area contributed by atoms with Gasteiger partial charge in [-0.15, -0.1) is 0 Å². The van der Waals surface area contributed by atoms with Gasteiger partial charge in [0.1, 0.15) is 0 Å². The number of hydrogen-bond donors (Lipinski definition) is 0. The molecule has 20 heavy (non-hydrogen) atoms. The Bertz CT molecular complexity index is 377. The molecule has 0 aliphatic heterocycles. The largest absolute Gasteiger partial charge is 0.0906 e. The molecule has 2 aliphatic carbocycles. The van der Waals surface area contributed by atoms with E-state index in [0.717, 1.165) is 51.4 Å². The molecular formula is C14H22N6. The quantitative estimate of drug-likeness (QED) is 0.288. The Morgan fingerprint density at radius 3 is 1.30 bits per heavy atom. The molecule has 0 heterocycles. The summed E-state index contributed by atoms with van der Waals surface area (Å²) < 4.78 is 0. The Balaban J connectivity index is 1.72. The summed E-state index contributed by atoms with van der Waals surface area (Å²) in [5.41, 5.74) is 16.9. The molecule has 2 rings (SSSR count). The zero-order valence-corrected chi connectivity index (χ0v) is 11.8. The van der Waals surface area contributed by atoms with Crippen molar-refractivity contribution >= 4 is 0 Å². The van der Waals surface area contributed by atoms with Crippen LogP contribution in [0.3, 0.4) is 0 Å². The lowest BCUT2D eigenvalue weighted by atomic mass is 9.82. The number of azide groups is 2. The smallest absolute Gasteiger partial charge is 0.0374 e. The highest BCUT2D eigenvalue weighted by Crippen LogP contribution is 2.31. The van der Waals surface area contributed by atoms with Crippen LogP contribution in [0, 0.1) is 11.8 Å². The maximum Gasteiger partial charge on any atom is 0.0374 e. The highest BCUT2D eigenvalue weighted by atomic mass is 15.1. The van der Waals surface area contributed by atoms with Gasteiger partial charge < -0.3 is 0 Å². The number of nitrogens with zero attached hydrogens (tertiary/aromatic N) is 6. The second-order valence-electron chi connectivity index (χ2n) is 5.93. The van der Waals surface area contributed by atoms with Gasteiger partial charge in [0.15, 0.2) is 0 Å². The lowest BCUT2D eigenvalue weighted by Gasteiger charge is -2.26. The molecule has 2 saturated carbocycles. The predicted octanol–water partition coefficient (Wildman–Crippen LogP) is 5.28. The minimum atomic E-state index is 0.212. The molecule has 2 fully saturated rings. The number of allylic oxidation sites excluding steroid dienone is 2. The van der Waals surface area contributed by atoms with Crippen molar-refractivity contribution in [3.8, 4) is 0 Å². The topological polar surface area (TPSA) is 97.5 Å². The van der Waals surface area contributed by atoms with Crippen molar-refractivity contribution in [3.05, 3.63) is 33.0 Å². The molecular weight excluding hydrogens is 252 g/mol. The summed E-state index contributed by atoms with van der Waals surface area (Å²) in [7, 11) is 0. The first-order valence-corrected chi connectivity index (χ1v) is 7.58. The van der Waals surface area contributed by atoms with Gasteiger partial charge in [0.2, 0.25) is 0 Å². The van der Waals surface area contributed by atoms with Gasteiger partial charge in [-0.25, -0.2) is 0 Å². The average molecular weight is 274 g/mol. The van der Waals surface area contributed by atoms with E-state index < -0.39 is 0 Å². The highest BCUT2D eigenvalue weighted by molar-refractivity contribution is 4.97. The van der Waals surface area contributed by atoms with E-state index in [0.29, 0.717) is 11.8 Å². The molecule has 6 nitrogen and oxygen atoms in total. The van der Waals surface area contributed by atoms with Gasteiger partial charge in [-0.3, -0.25) is 0 Å². The van der Waals surface area contributed by atoms with E-state index >= 15 is 0 Å². The first-order valence-electron chi connectivity index (χ1n) is 7.58. The molecule has 0 N–H and O–H groups in total. The first kappa shape index (κ1) is 14.8. The minimum absolute atomic E-state index is 0.212. The second kappa shape index (κ2) is 7.83. The SMILES string of the molecule is [N-]=[N+]=NC1CCC(/C=C/C2CCC(N=[N+]=[N-])CC2)CC1. The van der Waals surface area contributed by atoms with Crippen molar-refractivity contribution in [2.75, 3.05) is 0 Å². The molecule has 108 valence electrons. The molecule has 0 spiro atoms. The van der Waals surface area contributed by atoms with Crippen molar-refractivity contribution in [3.63, 3.8) is 0 Å². The first-order chi connectivity index (χ1) is 9.81. The Kier molecular flexibility index (Phi) is 5.78. The zero-order valence-electron chi connectivity index (χ0n) is 11.8. The van der Waals surface area contributed by atoms with Gasteiger partial charge in [-0.2, -0.15) is 0 Å². The van der Waals surface area contributed by atoms with E-state index in [1.54, 1.807) is 0 Å². The third-order valence-electron chi connectivity index (χ3n) is 4.57. The Labute approximate surface area is 119 Å². The molecule has 0 bridgehead atoms. The second-order valence-corrected chi connectivity index (χ2v) is 5.93. The van der Waals surface area contributed by atoms with Gasteiger partial charge in [0.25, 0.3) is 0 Å². The van der Waals surface area contributed by atoms with Crippen molar-refractivity contribution < 1.29 is 0 Å². The monoisotopic (exact) mass is 274 g/mol. The van der Waals surface area contributed by atoms with Crippen LogP contribution in [0.1, 0.15) is 51.4 Å². The average Bonchev–Trinajstić information content (AvgIpc) is 2.49. The van der Waals surface area contributed by atoms with Gasteiger partial charge in [-0.05, 0) is 74.3 Å². The van der Waals surface area contributed by atoms with E-state index in [4.69, 9.17) is 11.1 Å². The van der Waals surface area contributed by atoms with Gasteiger partial charge in [0, 0.05) is 21.9 Å². The van der Waals surface area contributed by atoms with Crippen LogP contribution in [0.4, 0.5) is 0 Å². The fourth-order valence-electron chi connectivity index (χ4n) is 3.28. The molecule has 0 amide bonds. The fourth-order valence-corrected chi connectivity index (χ4v) is 3.28. The normalized spacial score (nSPS) is 34.2. The van der Waals surface area contributed by atoms with Crippen molar-refractivity contribution in [1.29, 1.82) is 0 Å². The van der Waals surface area contributed by atoms with Crippen molar-refractivity contribution in [1.82, 2.24) is 0 Å². The van der Waals surface area contributed by atoms with Crippen LogP contribution in [0.5, 0.6) is 0 Å². The van der Waals surface area contributed by atoms with Crippen molar-refractivity contribution in [2.45, 2.75) is 63.5 Å². The molecule has 0 aromatic rings. The van der Waals surface area contributed by atoms with Gasteiger partial charge >= 0.3 is 0 Å². The maximum atomic E-state index is 8.43. The third-order valence-corrected chi connectivity index (χ3v) is 4.57. The zero-order chi connectivity index (χ0) is 14.2. The number of hydrogen-bond acceptors (Lipinski definition) is 2. The summed E-state index contributed by atoms with van der Waals surface area (Å²) in [4.78, 5) is 5.80.